The number of hydrogen-bond acceptors (Lipinski definition) is 4. The van der Waals surface area contributed by atoms with Crippen molar-refractivity contribution >= 4 is 6.09 Å². The highest BCUT2D eigenvalue weighted by molar-refractivity contribution is 5.67. The van der Waals surface area contributed by atoms with Gasteiger partial charge in [-0.1, -0.05) is 20.8 Å². The minimum absolute atomic E-state index is 0.0103. The molecule has 21 heavy (non-hydrogen) atoms. The van der Waals surface area contributed by atoms with Crippen LogP contribution in [0.1, 0.15) is 46.5 Å². The molecule has 2 fully saturated rings. The SMILES string of the molecule is CC(C)(C)C1(OC(=O)NCCCN2CCOCC2)CCC1. The first-order valence-electron chi connectivity index (χ1n) is 8.20. The summed E-state index contributed by atoms with van der Waals surface area (Å²) in [6.07, 6.45) is 3.82. The molecule has 0 radical (unpaired) electrons. The zero-order chi connectivity index (χ0) is 15.3. The van der Waals surface area contributed by atoms with Crippen molar-refractivity contribution in [3.8, 4) is 0 Å². The minimum atomic E-state index is -0.263. The molecular weight excluding hydrogens is 268 g/mol. The number of alkyl carbamates (subject to hydrolysis) is 1. The number of amides is 1. The highest BCUT2D eigenvalue weighted by Gasteiger charge is 2.50. The van der Waals surface area contributed by atoms with Gasteiger partial charge in [-0.15, -0.1) is 0 Å². The van der Waals surface area contributed by atoms with Crippen molar-refractivity contribution in [1.82, 2.24) is 10.2 Å². The maximum atomic E-state index is 12.0. The van der Waals surface area contributed by atoms with Crippen molar-refractivity contribution in [2.75, 3.05) is 39.4 Å². The Kier molecular flexibility index (Phi) is 5.49. The second kappa shape index (κ2) is 6.97. The van der Waals surface area contributed by atoms with Crippen molar-refractivity contribution in [1.29, 1.82) is 0 Å². The third kappa shape index (κ3) is 4.33. The third-order valence-corrected chi connectivity index (χ3v) is 4.84. The second-order valence-corrected chi connectivity index (χ2v) is 7.22. The lowest BCUT2D eigenvalue weighted by Crippen LogP contribution is -2.53. The van der Waals surface area contributed by atoms with Crippen LogP contribution < -0.4 is 5.32 Å². The number of morpholine rings is 1. The molecule has 5 heteroatoms. The summed E-state index contributed by atoms with van der Waals surface area (Å²) < 4.78 is 11.1. The van der Waals surface area contributed by atoms with E-state index in [0.29, 0.717) is 6.54 Å². The van der Waals surface area contributed by atoms with Crippen LogP contribution in [0.25, 0.3) is 0 Å². The summed E-state index contributed by atoms with van der Waals surface area (Å²) >= 11 is 0. The van der Waals surface area contributed by atoms with Crippen LogP contribution in [-0.2, 0) is 9.47 Å². The molecule has 0 aromatic rings. The van der Waals surface area contributed by atoms with Gasteiger partial charge < -0.3 is 14.8 Å². The Morgan fingerprint density at radius 1 is 1.29 bits per heavy atom. The fraction of sp³-hybridized carbons (Fsp3) is 0.938. The molecule has 1 heterocycles. The summed E-state index contributed by atoms with van der Waals surface area (Å²) in [4.78, 5) is 14.4. The first-order chi connectivity index (χ1) is 9.93. The summed E-state index contributed by atoms with van der Waals surface area (Å²) in [5, 5.41) is 2.90. The molecule has 5 nitrogen and oxygen atoms in total. The van der Waals surface area contributed by atoms with Crippen molar-refractivity contribution in [3.63, 3.8) is 0 Å². The smallest absolute Gasteiger partial charge is 0.407 e. The molecule has 1 aliphatic carbocycles. The van der Waals surface area contributed by atoms with Crippen LogP contribution in [0.3, 0.4) is 0 Å². The summed E-state index contributed by atoms with van der Waals surface area (Å²) in [5.74, 6) is 0. The largest absolute Gasteiger partial charge is 0.442 e. The normalized spacial score (nSPS) is 22.4. The summed E-state index contributed by atoms with van der Waals surface area (Å²) in [5.41, 5.74) is -0.252. The number of carbonyl (C=O) groups is 1. The van der Waals surface area contributed by atoms with E-state index in [0.717, 1.165) is 58.5 Å². The number of hydrogen-bond donors (Lipinski definition) is 1. The van der Waals surface area contributed by atoms with E-state index in [1.54, 1.807) is 0 Å². The Bertz CT molecular complexity index is 342. The maximum absolute atomic E-state index is 12.0. The molecule has 0 aromatic heterocycles. The molecule has 1 N–H and O–H groups in total. The molecular formula is C16H30N2O3. The van der Waals surface area contributed by atoms with E-state index in [1.807, 2.05) is 0 Å². The summed E-state index contributed by atoms with van der Waals surface area (Å²) in [7, 11) is 0. The molecule has 1 amide bonds. The predicted octanol–water partition coefficient (Wildman–Crippen LogP) is 2.40. The van der Waals surface area contributed by atoms with Crippen LogP contribution in [0.4, 0.5) is 4.79 Å². The number of nitrogens with zero attached hydrogens (tertiary/aromatic N) is 1. The van der Waals surface area contributed by atoms with E-state index in [4.69, 9.17) is 9.47 Å². The quantitative estimate of drug-likeness (QED) is 0.792. The van der Waals surface area contributed by atoms with Gasteiger partial charge in [0.15, 0.2) is 0 Å². The van der Waals surface area contributed by atoms with Crippen LogP contribution in [0.5, 0.6) is 0 Å². The molecule has 1 aliphatic heterocycles. The molecule has 0 spiro atoms. The Morgan fingerprint density at radius 2 is 1.95 bits per heavy atom. The molecule has 0 aromatic carbocycles. The average molecular weight is 298 g/mol. The first kappa shape index (κ1) is 16.6. The lowest BCUT2D eigenvalue weighted by molar-refractivity contribution is -0.121. The van der Waals surface area contributed by atoms with Crippen LogP contribution in [0, 0.1) is 5.41 Å². The molecule has 2 rings (SSSR count). The lowest BCUT2D eigenvalue weighted by Gasteiger charge is -2.50. The topological polar surface area (TPSA) is 50.8 Å². The third-order valence-electron chi connectivity index (χ3n) is 4.84. The van der Waals surface area contributed by atoms with E-state index in [-0.39, 0.29) is 17.1 Å². The van der Waals surface area contributed by atoms with Crippen molar-refractivity contribution < 1.29 is 14.3 Å². The number of rotatable bonds is 5. The number of carbonyl (C=O) groups excluding carboxylic acids is 1. The van der Waals surface area contributed by atoms with Gasteiger partial charge in [-0.2, -0.15) is 0 Å². The van der Waals surface area contributed by atoms with Gasteiger partial charge in [-0.3, -0.25) is 4.90 Å². The average Bonchev–Trinajstić information content (AvgIpc) is 2.39. The number of ether oxygens (including phenoxy) is 2. The minimum Gasteiger partial charge on any atom is -0.442 e. The van der Waals surface area contributed by atoms with Gasteiger partial charge >= 0.3 is 6.09 Å². The van der Waals surface area contributed by atoms with Crippen LogP contribution in [-0.4, -0.2) is 56.0 Å². The predicted molar refractivity (Wildman–Crippen MR) is 82.4 cm³/mol. The second-order valence-electron chi connectivity index (χ2n) is 7.22. The molecule has 1 saturated heterocycles. The standard InChI is InChI=1S/C16H30N2O3/c1-15(2,3)16(6-4-7-16)21-14(19)17-8-5-9-18-10-12-20-13-11-18/h4-13H2,1-3H3,(H,17,19). The van der Waals surface area contributed by atoms with Crippen molar-refractivity contribution in [2.24, 2.45) is 5.41 Å². The fourth-order valence-electron chi connectivity index (χ4n) is 3.03. The van der Waals surface area contributed by atoms with Gasteiger partial charge in [0.2, 0.25) is 0 Å². The Hall–Kier alpha value is -0.810. The van der Waals surface area contributed by atoms with Gasteiger partial charge in [0.05, 0.1) is 13.2 Å². The summed E-state index contributed by atoms with van der Waals surface area (Å²) in [6.45, 7) is 11.8. The van der Waals surface area contributed by atoms with E-state index in [1.165, 1.54) is 0 Å². The zero-order valence-electron chi connectivity index (χ0n) is 13.7. The van der Waals surface area contributed by atoms with Gasteiger partial charge in [0.1, 0.15) is 5.60 Å². The summed E-state index contributed by atoms with van der Waals surface area (Å²) in [6, 6.07) is 0. The zero-order valence-corrected chi connectivity index (χ0v) is 13.7. The van der Waals surface area contributed by atoms with Gasteiger partial charge in [0.25, 0.3) is 0 Å². The maximum Gasteiger partial charge on any atom is 0.407 e. The van der Waals surface area contributed by atoms with Gasteiger partial charge in [0, 0.05) is 25.0 Å². The molecule has 0 unspecified atom stereocenters. The van der Waals surface area contributed by atoms with E-state index in [2.05, 4.69) is 31.0 Å². The van der Waals surface area contributed by atoms with E-state index >= 15 is 0 Å². The van der Waals surface area contributed by atoms with Crippen LogP contribution >= 0.6 is 0 Å². The molecule has 2 aliphatic rings. The monoisotopic (exact) mass is 298 g/mol. The van der Waals surface area contributed by atoms with Gasteiger partial charge in [-0.25, -0.2) is 4.79 Å². The van der Waals surface area contributed by atoms with Crippen LogP contribution in [0.2, 0.25) is 0 Å². The Balaban J connectivity index is 1.63. The van der Waals surface area contributed by atoms with Crippen molar-refractivity contribution in [2.45, 2.75) is 52.1 Å². The Morgan fingerprint density at radius 3 is 2.48 bits per heavy atom. The molecule has 0 atom stereocenters. The van der Waals surface area contributed by atoms with Crippen LogP contribution in [0.15, 0.2) is 0 Å². The highest BCUT2D eigenvalue weighted by atomic mass is 16.6. The number of nitrogens with one attached hydrogen (secondary N) is 1. The lowest BCUT2D eigenvalue weighted by atomic mass is 9.64. The first-order valence-corrected chi connectivity index (χ1v) is 8.20. The van der Waals surface area contributed by atoms with E-state index in [9.17, 15) is 4.79 Å². The molecule has 0 bridgehead atoms. The molecule has 1 saturated carbocycles. The van der Waals surface area contributed by atoms with E-state index < -0.39 is 0 Å². The van der Waals surface area contributed by atoms with Gasteiger partial charge in [-0.05, 0) is 32.2 Å². The van der Waals surface area contributed by atoms with Crippen molar-refractivity contribution in [3.05, 3.63) is 0 Å². The Labute approximate surface area is 128 Å². The molecule has 122 valence electrons. The highest BCUT2D eigenvalue weighted by Crippen LogP contribution is 2.48. The fourth-order valence-corrected chi connectivity index (χ4v) is 3.03.